The molecule has 0 saturated heterocycles. The van der Waals surface area contributed by atoms with Crippen LogP contribution in [0.4, 0.5) is 14.5 Å². The van der Waals surface area contributed by atoms with E-state index in [-0.39, 0.29) is 26.0 Å². The largest absolute Gasteiger partial charge is 0.480 e. The van der Waals surface area contributed by atoms with Crippen LogP contribution in [0.1, 0.15) is 0 Å². The Morgan fingerprint density at radius 2 is 2.00 bits per heavy atom. The minimum atomic E-state index is -4.16. The van der Waals surface area contributed by atoms with E-state index in [0.29, 0.717) is 6.07 Å². The molecule has 0 atom stereocenters. The molecule has 0 saturated carbocycles. The first-order chi connectivity index (χ1) is 10.2. The zero-order chi connectivity index (χ0) is 16.5. The summed E-state index contributed by atoms with van der Waals surface area (Å²) in [5, 5.41) is 0.0765. The van der Waals surface area contributed by atoms with Gasteiger partial charge in [0.15, 0.2) is 16.5 Å². The van der Waals surface area contributed by atoms with Crippen molar-refractivity contribution in [3.8, 4) is 5.88 Å². The molecule has 0 fully saturated rings. The average Bonchev–Trinajstić information content (AvgIpc) is 2.44. The van der Waals surface area contributed by atoms with Crippen LogP contribution in [0.2, 0.25) is 5.02 Å². The van der Waals surface area contributed by atoms with Crippen molar-refractivity contribution in [1.29, 1.82) is 0 Å². The van der Waals surface area contributed by atoms with Crippen LogP contribution >= 0.6 is 27.5 Å². The van der Waals surface area contributed by atoms with E-state index < -0.39 is 21.7 Å². The molecule has 2 rings (SSSR count). The topological polar surface area (TPSA) is 68.3 Å². The second kappa shape index (κ2) is 6.35. The highest BCUT2D eigenvalue weighted by Crippen LogP contribution is 2.28. The molecule has 0 aliphatic carbocycles. The van der Waals surface area contributed by atoms with Crippen molar-refractivity contribution in [2.75, 3.05) is 11.8 Å². The first kappa shape index (κ1) is 16.9. The maximum Gasteiger partial charge on any atom is 0.267 e. The number of pyridine rings is 1. The van der Waals surface area contributed by atoms with Crippen LogP contribution in [0.25, 0.3) is 0 Å². The van der Waals surface area contributed by atoms with Crippen LogP contribution in [0.15, 0.2) is 33.8 Å². The lowest BCUT2D eigenvalue weighted by Crippen LogP contribution is -2.15. The van der Waals surface area contributed by atoms with Gasteiger partial charge in [-0.05, 0) is 28.1 Å². The van der Waals surface area contributed by atoms with Gasteiger partial charge in [-0.15, -0.1) is 0 Å². The normalized spacial score (nSPS) is 11.3. The lowest BCUT2D eigenvalue weighted by molar-refractivity contribution is 0.385. The third-order valence-corrected chi connectivity index (χ3v) is 4.66. The summed E-state index contributed by atoms with van der Waals surface area (Å²) in [5.41, 5.74) is -0.173. The number of sulfonamides is 1. The second-order valence-corrected chi connectivity index (χ2v) is 6.96. The summed E-state index contributed by atoms with van der Waals surface area (Å²) < 4.78 is 57.9. The van der Waals surface area contributed by atoms with E-state index in [0.717, 1.165) is 12.1 Å². The Hall–Kier alpha value is -1.45. The Balaban J connectivity index is 2.46. The SMILES string of the molecule is COc1ncc(Cl)cc1S(=O)(=O)Nc1cc(F)c(F)c(Br)c1. The summed E-state index contributed by atoms with van der Waals surface area (Å²) in [6, 6.07) is 2.92. The number of ether oxygens (including phenoxy) is 1. The second-order valence-electron chi connectivity index (χ2n) is 4.02. The third-order valence-electron chi connectivity index (χ3n) is 2.50. The molecule has 0 radical (unpaired) electrons. The molecular formula is C12H8BrClF2N2O3S. The molecule has 0 bridgehead atoms. The number of halogens is 4. The molecule has 118 valence electrons. The summed E-state index contributed by atoms with van der Waals surface area (Å²) in [6.45, 7) is 0. The van der Waals surface area contributed by atoms with E-state index in [1.54, 1.807) is 0 Å². The third kappa shape index (κ3) is 3.47. The van der Waals surface area contributed by atoms with Crippen molar-refractivity contribution in [1.82, 2.24) is 4.98 Å². The van der Waals surface area contributed by atoms with Crippen molar-refractivity contribution in [2.24, 2.45) is 0 Å². The van der Waals surface area contributed by atoms with Gasteiger partial charge >= 0.3 is 0 Å². The van der Waals surface area contributed by atoms with Crippen molar-refractivity contribution in [3.63, 3.8) is 0 Å². The summed E-state index contributed by atoms with van der Waals surface area (Å²) in [7, 11) is -2.92. The summed E-state index contributed by atoms with van der Waals surface area (Å²) in [4.78, 5) is 3.41. The van der Waals surface area contributed by atoms with Crippen molar-refractivity contribution in [3.05, 3.63) is 45.5 Å². The molecule has 1 aromatic carbocycles. The predicted octanol–water partition coefficient (Wildman–Crippen LogP) is 3.59. The van der Waals surface area contributed by atoms with Gasteiger partial charge in [-0.3, -0.25) is 4.72 Å². The van der Waals surface area contributed by atoms with Crippen LogP contribution in [-0.4, -0.2) is 20.5 Å². The van der Waals surface area contributed by atoms with Gasteiger partial charge in [0.2, 0.25) is 5.88 Å². The fourth-order valence-corrected chi connectivity index (χ4v) is 3.42. The lowest BCUT2D eigenvalue weighted by atomic mass is 10.3. The Morgan fingerprint density at radius 1 is 1.32 bits per heavy atom. The van der Waals surface area contributed by atoms with Crippen LogP contribution in [0, 0.1) is 11.6 Å². The number of benzene rings is 1. The monoisotopic (exact) mass is 412 g/mol. The fraction of sp³-hybridized carbons (Fsp3) is 0.0833. The molecule has 0 amide bonds. The molecule has 0 aliphatic heterocycles. The van der Waals surface area contributed by atoms with Gasteiger partial charge in [-0.1, -0.05) is 11.6 Å². The molecule has 2 aromatic rings. The summed E-state index contributed by atoms with van der Waals surface area (Å²) in [5.74, 6) is -2.51. The number of hydrogen-bond acceptors (Lipinski definition) is 4. The first-order valence-corrected chi connectivity index (χ1v) is 8.27. The van der Waals surface area contributed by atoms with Crippen LogP contribution in [0.3, 0.4) is 0 Å². The number of nitrogens with one attached hydrogen (secondary N) is 1. The van der Waals surface area contributed by atoms with E-state index in [2.05, 4.69) is 25.6 Å². The quantitative estimate of drug-likeness (QED) is 0.778. The predicted molar refractivity (Wildman–Crippen MR) is 80.7 cm³/mol. The van der Waals surface area contributed by atoms with Gasteiger partial charge in [-0.25, -0.2) is 22.2 Å². The number of rotatable bonds is 4. The van der Waals surface area contributed by atoms with Gasteiger partial charge in [0.1, 0.15) is 0 Å². The van der Waals surface area contributed by atoms with Crippen molar-refractivity contribution < 1.29 is 21.9 Å². The highest BCUT2D eigenvalue weighted by Gasteiger charge is 2.22. The van der Waals surface area contributed by atoms with E-state index in [1.807, 2.05) is 0 Å². The maximum atomic E-state index is 13.3. The lowest BCUT2D eigenvalue weighted by Gasteiger charge is -2.11. The minimum Gasteiger partial charge on any atom is -0.480 e. The van der Waals surface area contributed by atoms with Gasteiger partial charge < -0.3 is 4.74 Å². The molecule has 5 nitrogen and oxygen atoms in total. The highest BCUT2D eigenvalue weighted by atomic mass is 79.9. The molecule has 22 heavy (non-hydrogen) atoms. The van der Waals surface area contributed by atoms with Gasteiger partial charge in [-0.2, -0.15) is 0 Å². The number of anilines is 1. The van der Waals surface area contributed by atoms with E-state index in [4.69, 9.17) is 16.3 Å². The average molecular weight is 414 g/mol. The molecule has 1 N–H and O–H groups in total. The zero-order valence-electron chi connectivity index (χ0n) is 10.9. The first-order valence-electron chi connectivity index (χ1n) is 5.61. The minimum absolute atomic E-state index is 0.0765. The maximum absolute atomic E-state index is 13.3. The molecule has 0 aliphatic rings. The highest BCUT2D eigenvalue weighted by molar-refractivity contribution is 9.10. The number of hydrogen-bond donors (Lipinski definition) is 1. The molecule has 0 unspecified atom stereocenters. The van der Waals surface area contributed by atoms with Gasteiger partial charge in [0.25, 0.3) is 10.0 Å². The van der Waals surface area contributed by atoms with E-state index >= 15 is 0 Å². The fourth-order valence-electron chi connectivity index (χ4n) is 1.58. The zero-order valence-corrected chi connectivity index (χ0v) is 14.1. The molecule has 10 heteroatoms. The molecule has 0 spiro atoms. The van der Waals surface area contributed by atoms with Crippen molar-refractivity contribution in [2.45, 2.75) is 4.90 Å². The van der Waals surface area contributed by atoms with E-state index in [1.165, 1.54) is 13.3 Å². The standard InChI is InChI=1S/C12H8BrClF2N2O3S/c1-21-12-10(2-6(14)5-17-12)22(19,20)18-7-3-8(13)11(16)9(15)4-7/h2-5,18H,1H3. The molecular weight excluding hydrogens is 406 g/mol. The van der Waals surface area contributed by atoms with Gasteiger partial charge in [0.05, 0.1) is 22.3 Å². The Kier molecular flexibility index (Phi) is 4.88. The summed E-state index contributed by atoms with van der Waals surface area (Å²) >= 11 is 8.52. The van der Waals surface area contributed by atoms with Crippen LogP contribution < -0.4 is 9.46 Å². The Bertz CT molecular complexity index is 810. The van der Waals surface area contributed by atoms with Crippen LogP contribution in [-0.2, 0) is 10.0 Å². The van der Waals surface area contributed by atoms with Gasteiger partial charge in [0, 0.05) is 12.3 Å². The smallest absolute Gasteiger partial charge is 0.267 e. The number of nitrogens with zero attached hydrogens (tertiary/aromatic N) is 1. The molecule has 1 heterocycles. The number of aromatic nitrogens is 1. The number of methoxy groups -OCH3 is 1. The Morgan fingerprint density at radius 3 is 2.59 bits per heavy atom. The summed E-state index contributed by atoms with van der Waals surface area (Å²) in [6.07, 6.45) is 1.22. The van der Waals surface area contributed by atoms with Crippen LogP contribution in [0.5, 0.6) is 5.88 Å². The molecule has 1 aromatic heterocycles. The van der Waals surface area contributed by atoms with E-state index in [9.17, 15) is 17.2 Å². The Labute approximate surface area is 138 Å². The van der Waals surface area contributed by atoms with Crippen molar-refractivity contribution >= 4 is 43.2 Å².